The van der Waals surface area contributed by atoms with Crippen molar-refractivity contribution in [3.63, 3.8) is 0 Å². The number of nitrogens with one attached hydrogen (secondary N) is 1. The van der Waals surface area contributed by atoms with Crippen molar-refractivity contribution in [2.75, 3.05) is 13.1 Å². The maximum atomic E-state index is 13.8. The molecular formula is C17H18F2N2O4S. The van der Waals surface area contributed by atoms with Gasteiger partial charge in [-0.1, -0.05) is 0 Å². The Labute approximate surface area is 149 Å². The molecule has 1 aromatic heterocycles. The number of amides is 1. The van der Waals surface area contributed by atoms with Gasteiger partial charge in [0, 0.05) is 25.1 Å². The van der Waals surface area contributed by atoms with E-state index in [0.717, 1.165) is 16.4 Å². The third kappa shape index (κ3) is 3.94. The van der Waals surface area contributed by atoms with Crippen LogP contribution in [0.1, 0.15) is 18.6 Å². The third-order valence-electron chi connectivity index (χ3n) is 4.35. The van der Waals surface area contributed by atoms with Gasteiger partial charge in [0.2, 0.25) is 15.9 Å². The Bertz CT molecular complexity index is 876. The van der Waals surface area contributed by atoms with Crippen molar-refractivity contribution < 1.29 is 26.4 Å². The van der Waals surface area contributed by atoms with Gasteiger partial charge < -0.3 is 9.73 Å². The molecule has 0 bridgehead atoms. The number of nitrogens with zero attached hydrogens (tertiary/aromatic N) is 1. The van der Waals surface area contributed by atoms with Crippen LogP contribution in [0, 0.1) is 17.6 Å². The summed E-state index contributed by atoms with van der Waals surface area (Å²) < 4.78 is 58.1. The third-order valence-corrected chi connectivity index (χ3v) is 6.29. The summed E-state index contributed by atoms with van der Waals surface area (Å²) in [5.41, 5.74) is 0. The van der Waals surface area contributed by atoms with Crippen LogP contribution in [-0.2, 0) is 21.4 Å². The van der Waals surface area contributed by atoms with E-state index in [1.54, 1.807) is 12.1 Å². The lowest BCUT2D eigenvalue weighted by Gasteiger charge is -2.30. The van der Waals surface area contributed by atoms with Crippen molar-refractivity contribution in [1.82, 2.24) is 9.62 Å². The number of furan rings is 1. The maximum absolute atomic E-state index is 13.8. The van der Waals surface area contributed by atoms with Crippen molar-refractivity contribution in [2.45, 2.75) is 24.3 Å². The first-order valence-corrected chi connectivity index (χ1v) is 9.57. The zero-order valence-electron chi connectivity index (χ0n) is 13.8. The zero-order valence-corrected chi connectivity index (χ0v) is 14.6. The normalized spacial score (nSPS) is 16.5. The van der Waals surface area contributed by atoms with Crippen LogP contribution in [0.4, 0.5) is 8.78 Å². The minimum absolute atomic E-state index is 0.0952. The van der Waals surface area contributed by atoms with E-state index < -0.39 is 26.6 Å². The molecule has 1 aliphatic heterocycles. The fourth-order valence-corrected chi connectivity index (χ4v) is 4.43. The average molecular weight is 384 g/mol. The molecule has 1 fully saturated rings. The molecule has 2 heterocycles. The van der Waals surface area contributed by atoms with Crippen molar-refractivity contribution in [2.24, 2.45) is 5.92 Å². The van der Waals surface area contributed by atoms with Crippen LogP contribution in [0.25, 0.3) is 0 Å². The van der Waals surface area contributed by atoms with Crippen LogP contribution in [0.5, 0.6) is 0 Å². The van der Waals surface area contributed by atoms with Gasteiger partial charge in [-0.3, -0.25) is 4.79 Å². The van der Waals surface area contributed by atoms with Crippen LogP contribution in [-0.4, -0.2) is 31.7 Å². The lowest BCUT2D eigenvalue weighted by molar-refractivity contribution is -0.126. The van der Waals surface area contributed by atoms with Crippen LogP contribution in [0.2, 0.25) is 0 Å². The molecule has 0 radical (unpaired) electrons. The second-order valence-corrected chi connectivity index (χ2v) is 7.96. The fourth-order valence-electron chi connectivity index (χ4n) is 2.91. The van der Waals surface area contributed by atoms with Crippen LogP contribution in [0.15, 0.2) is 45.9 Å². The Balaban J connectivity index is 1.59. The number of sulfonamides is 1. The molecule has 1 amide bonds. The number of piperidine rings is 1. The number of hydrogen-bond acceptors (Lipinski definition) is 4. The predicted molar refractivity (Wildman–Crippen MR) is 88.4 cm³/mol. The second-order valence-electron chi connectivity index (χ2n) is 6.05. The first-order chi connectivity index (χ1) is 12.4. The van der Waals surface area contributed by atoms with Crippen molar-refractivity contribution in [3.05, 3.63) is 54.0 Å². The van der Waals surface area contributed by atoms with Crippen LogP contribution < -0.4 is 5.32 Å². The van der Waals surface area contributed by atoms with Gasteiger partial charge in [0.25, 0.3) is 0 Å². The summed E-state index contributed by atoms with van der Waals surface area (Å²) in [6.07, 6.45) is 2.16. The molecule has 0 aliphatic carbocycles. The minimum Gasteiger partial charge on any atom is -0.467 e. The van der Waals surface area contributed by atoms with Gasteiger partial charge in [0.1, 0.15) is 22.3 Å². The number of benzene rings is 1. The molecule has 140 valence electrons. The average Bonchev–Trinajstić information content (AvgIpc) is 3.13. The Morgan fingerprint density at radius 2 is 1.96 bits per heavy atom. The first-order valence-electron chi connectivity index (χ1n) is 8.13. The van der Waals surface area contributed by atoms with Gasteiger partial charge in [0.05, 0.1) is 12.8 Å². The molecule has 26 heavy (non-hydrogen) atoms. The molecule has 2 aromatic rings. The largest absolute Gasteiger partial charge is 0.467 e. The Morgan fingerprint density at radius 3 is 2.58 bits per heavy atom. The van der Waals surface area contributed by atoms with Crippen LogP contribution >= 0.6 is 0 Å². The maximum Gasteiger partial charge on any atom is 0.245 e. The molecule has 0 unspecified atom stereocenters. The molecule has 1 N–H and O–H groups in total. The van der Waals surface area contributed by atoms with Crippen molar-refractivity contribution >= 4 is 15.9 Å². The zero-order chi connectivity index (χ0) is 18.7. The Morgan fingerprint density at radius 1 is 1.23 bits per heavy atom. The molecule has 1 aromatic carbocycles. The summed E-state index contributed by atoms with van der Waals surface area (Å²) in [6, 6.07) is 5.83. The highest BCUT2D eigenvalue weighted by Gasteiger charge is 2.33. The number of hydrogen-bond donors (Lipinski definition) is 1. The topological polar surface area (TPSA) is 79.6 Å². The van der Waals surface area contributed by atoms with Crippen molar-refractivity contribution in [3.8, 4) is 0 Å². The first kappa shape index (κ1) is 18.5. The van der Waals surface area contributed by atoms with Gasteiger partial charge in [-0.05, 0) is 37.1 Å². The Kier molecular flexibility index (Phi) is 5.38. The summed E-state index contributed by atoms with van der Waals surface area (Å²) in [5, 5.41) is 2.75. The summed E-state index contributed by atoms with van der Waals surface area (Å²) in [5.74, 6) is -1.83. The molecule has 6 nitrogen and oxygen atoms in total. The van der Waals surface area contributed by atoms with Crippen LogP contribution in [0.3, 0.4) is 0 Å². The van der Waals surface area contributed by atoms with E-state index in [-0.39, 0.29) is 31.5 Å². The van der Waals surface area contributed by atoms with Gasteiger partial charge >= 0.3 is 0 Å². The van der Waals surface area contributed by atoms with E-state index in [2.05, 4.69) is 5.32 Å². The highest BCUT2D eigenvalue weighted by Crippen LogP contribution is 2.26. The molecule has 1 aliphatic rings. The van der Waals surface area contributed by atoms with Gasteiger partial charge in [0.15, 0.2) is 0 Å². The number of rotatable bonds is 5. The lowest BCUT2D eigenvalue weighted by atomic mass is 9.97. The fraction of sp³-hybridized carbons (Fsp3) is 0.353. The summed E-state index contributed by atoms with van der Waals surface area (Å²) in [7, 11) is -4.06. The molecular weight excluding hydrogens is 366 g/mol. The Hall–Kier alpha value is -2.26. The van der Waals surface area contributed by atoms with Gasteiger partial charge in [-0.2, -0.15) is 4.31 Å². The van der Waals surface area contributed by atoms with E-state index in [1.165, 1.54) is 6.26 Å². The summed E-state index contributed by atoms with van der Waals surface area (Å²) in [6.45, 7) is 0.459. The number of carbonyl (C=O) groups excluding carboxylic acids is 1. The molecule has 9 heteroatoms. The smallest absolute Gasteiger partial charge is 0.245 e. The predicted octanol–water partition coefficient (Wildman–Crippen LogP) is 2.27. The SMILES string of the molecule is O=C(NCc1ccco1)C1CCN(S(=O)(=O)c2ccc(F)cc2F)CC1. The van der Waals surface area contributed by atoms with E-state index in [1.807, 2.05) is 0 Å². The summed E-state index contributed by atoms with van der Waals surface area (Å²) >= 11 is 0. The lowest BCUT2D eigenvalue weighted by Crippen LogP contribution is -2.43. The van der Waals surface area contributed by atoms with E-state index in [0.29, 0.717) is 24.7 Å². The van der Waals surface area contributed by atoms with Gasteiger partial charge in [-0.15, -0.1) is 0 Å². The molecule has 0 spiro atoms. The molecule has 3 rings (SSSR count). The van der Waals surface area contributed by atoms with Crippen molar-refractivity contribution in [1.29, 1.82) is 0 Å². The monoisotopic (exact) mass is 384 g/mol. The van der Waals surface area contributed by atoms with E-state index >= 15 is 0 Å². The highest BCUT2D eigenvalue weighted by molar-refractivity contribution is 7.89. The summed E-state index contributed by atoms with van der Waals surface area (Å²) in [4.78, 5) is 11.6. The quantitative estimate of drug-likeness (QED) is 0.858. The standard InChI is InChI=1S/C17H18F2N2O4S/c18-13-3-4-16(15(19)10-13)26(23,24)21-7-5-12(6-8-21)17(22)20-11-14-2-1-9-25-14/h1-4,9-10,12H,5-8,11H2,(H,20,22). The van der Waals surface area contributed by atoms with Gasteiger partial charge in [-0.25, -0.2) is 17.2 Å². The molecule has 0 atom stereocenters. The van der Waals surface area contributed by atoms with E-state index in [9.17, 15) is 22.0 Å². The number of carbonyl (C=O) groups is 1. The highest BCUT2D eigenvalue weighted by atomic mass is 32.2. The second kappa shape index (κ2) is 7.55. The van der Waals surface area contributed by atoms with E-state index in [4.69, 9.17) is 4.42 Å². The minimum atomic E-state index is -4.06. The molecule has 1 saturated heterocycles. The molecule has 0 saturated carbocycles. The number of halogens is 2.